The molecule has 5 heteroatoms. The van der Waals surface area contributed by atoms with Crippen LogP contribution >= 0.6 is 11.3 Å². The maximum Gasteiger partial charge on any atom is 0.254 e. The normalized spacial score (nSPS) is 24.6. The third-order valence-electron chi connectivity index (χ3n) is 4.73. The number of thiophene rings is 1. The molecule has 2 saturated heterocycles. The maximum absolute atomic E-state index is 12.4. The summed E-state index contributed by atoms with van der Waals surface area (Å²) in [7, 11) is 0. The van der Waals surface area contributed by atoms with Gasteiger partial charge in [0, 0.05) is 44.3 Å². The van der Waals surface area contributed by atoms with Crippen LogP contribution in [0.3, 0.4) is 0 Å². The number of nitrogens with zero attached hydrogens (tertiary/aromatic N) is 3. The molecule has 4 rings (SSSR count). The number of carbonyl (C=O) groups excluding carboxylic acids is 1. The summed E-state index contributed by atoms with van der Waals surface area (Å²) in [5, 5.41) is 3.92. The Morgan fingerprint density at radius 1 is 1.18 bits per heavy atom. The summed E-state index contributed by atoms with van der Waals surface area (Å²) in [6.45, 7) is 4.88. The Morgan fingerprint density at radius 3 is 2.64 bits per heavy atom. The van der Waals surface area contributed by atoms with Gasteiger partial charge in [0.2, 0.25) is 0 Å². The highest BCUT2D eigenvalue weighted by Crippen LogP contribution is 2.32. The molecule has 0 saturated carbocycles. The lowest BCUT2D eigenvalue weighted by molar-refractivity contribution is 0.0774. The van der Waals surface area contributed by atoms with Crippen LogP contribution in [0.1, 0.15) is 16.1 Å². The van der Waals surface area contributed by atoms with Crippen molar-refractivity contribution in [1.82, 2.24) is 14.8 Å². The maximum atomic E-state index is 12.4. The highest BCUT2D eigenvalue weighted by atomic mass is 32.1. The average molecular weight is 313 g/mol. The molecule has 2 fully saturated rings. The molecule has 0 N–H and O–H groups in total. The molecule has 2 unspecified atom stereocenters. The Hall–Kier alpha value is -1.72. The fraction of sp³-hybridized carbons (Fsp3) is 0.412. The van der Waals surface area contributed by atoms with Crippen molar-refractivity contribution < 1.29 is 4.79 Å². The van der Waals surface area contributed by atoms with E-state index >= 15 is 0 Å². The summed E-state index contributed by atoms with van der Waals surface area (Å²) < 4.78 is 0. The molecule has 1 amide bonds. The molecule has 2 aromatic heterocycles. The minimum absolute atomic E-state index is 0.201. The first-order valence-electron chi connectivity index (χ1n) is 7.73. The van der Waals surface area contributed by atoms with Crippen LogP contribution in [0.15, 0.2) is 41.2 Å². The summed E-state index contributed by atoms with van der Waals surface area (Å²) in [6.07, 6.45) is 1.85. The molecule has 2 atom stereocenters. The van der Waals surface area contributed by atoms with Gasteiger partial charge < -0.3 is 4.90 Å². The lowest BCUT2D eigenvalue weighted by Crippen LogP contribution is -2.33. The number of amides is 1. The van der Waals surface area contributed by atoms with Crippen molar-refractivity contribution in [2.45, 2.75) is 6.54 Å². The summed E-state index contributed by atoms with van der Waals surface area (Å²) in [4.78, 5) is 21.3. The number of pyridine rings is 1. The Kier molecular flexibility index (Phi) is 3.68. The molecule has 0 bridgehead atoms. The molecule has 4 heterocycles. The van der Waals surface area contributed by atoms with Gasteiger partial charge >= 0.3 is 0 Å². The zero-order chi connectivity index (χ0) is 14.9. The lowest BCUT2D eigenvalue weighted by Gasteiger charge is -2.21. The summed E-state index contributed by atoms with van der Waals surface area (Å²) >= 11 is 1.59. The molecule has 0 radical (unpaired) electrons. The van der Waals surface area contributed by atoms with Crippen molar-refractivity contribution in [2.75, 3.05) is 26.2 Å². The van der Waals surface area contributed by atoms with E-state index in [9.17, 15) is 4.79 Å². The fourth-order valence-corrected chi connectivity index (χ4v) is 4.30. The van der Waals surface area contributed by atoms with Crippen LogP contribution in [0.2, 0.25) is 0 Å². The van der Waals surface area contributed by atoms with E-state index in [0.717, 1.165) is 44.0 Å². The van der Waals surface area contributed by atoms with Gasteiger partial charge in [0.05, 0.1) is 11.3 Å². The minimum atomic E-state index is 0.201. The van der Waals surface area contributed by atoms with Crippen LogP contribution in [-0.4, -0.2) is 46.9 Å². The summed E-state index contributed by atoms with van der Waals surface area (Å²) in [5.41, 5.74) is 1.98. The Bertz CT molecular complexity index is 629. The number of fused-ring (bicyclic) bond motifs is 1. The van der Waals surface area contributed by atoms with Gasteiger partial charge in [-0.1, -0.05) is 6.07 Å². The van der Waals surface area contributed by atoms with Gasteiger partial charge in [0.1, 0.15) is 0 Å². The standard InChI is InChI=1S/C17H19N3OS/c21-17(13-4-6-22-12-13)20-9-14-7-19(8-15(14)10-20)11-16-3-1-2-5-18-16/h1-6,12,14-15H,7-11H2. The quantitative estimate of drug-likeness (QED) is 0.873. The molecule has 114 valence electrons. The molecule has 0 aromatic carbocycles. The van der Waals surface area contributed by atoms with Crippen molar-refractivity contribution in [3.63, 3.8) is 0 Å². The minimum Gasteiger partial charge on any atom is -0.338 e. The van der Waals surface area contributed by atoms with Crippen LogP contribution in [0.5, 0.6) is 0 Å². The predicted molar refractivity (Wildman–Crippen MR) is 86.7 cm³/mol. The Labute approximate surface area is 134 Å². The summed E-state index contributed by atoms with van der Waals surface area (Å²) in [5.74, 6) is 1.43. The number of likely N-dealkylation sites (tertiary alicyclic amines) is 2. The molecule has 0 aliphatic carbocycles. The van der Waals surface area contributed by atoms with Gasteiger partial charge in [-0.05, 0) is 35.4 Å². The predicted octanol–water partition coefficient (Wildman–Crippen LogP) is 2.35. The van der Waals surface area contributed by atoms with Crippen LogP contribution in [0, 0.1) is 11.8 Å². The van der Waals surface area contributed by atoms with Crippen molar-refractivity contribution in [3.8, 4) is 0 Å². The van der Waals surface area contributed by atoms with E-state index in [-0.39, 0.29) is 5.91 Å². The van der Waals surface area contributed by atoms with Crippen LogP contribution < -0.4 is 0 Å². The fourth-order valence-electron chi connectivity index (χ4n) is 3.67. The second-order valence-corrected chi connectivity index (χ2v) is 7.04. The van der Waals surface area contributed by atoms with Crippen LogP contribution in [0.4, 0.5) is 0 Å². The van der Waals surface area contributed by atoms with Crippen LogP contribution in [-0.2, 0) is 6.54 Å². The van der Waals surface area contributed by atoms with E-state index < -0.39 is 0 Å². The smallest absolute Gasteiger partial charge is 0.254 e. The zero-order valence-electron chi connectivity index (χ0n) is 12.4. The van der Waals surface area contributed by atoms with Gasteiger partial charge in [0.25, 0.3) is 5.91 Å². The largest absolute Gasteiger partial charge is 0.338 e. The first kappa shape index (κ1) is 13.9. The topological polar surface area (TPSA) is 36.4 Å². The van der Waals surface area contributed by atoms with Gasteiger partial charge in [-0.25, -0.2) is 0 Å². The first-order valence-corrected chi connectivity index (χ1v) is 8.67. The zero-order valence-corrected chi connectivity index (χ0v) is 13.2. The summed E-state index contributed by atoms with van der Waals surface area (Å²) in [6, 6.07) is 8.01. The molecule has 0 spiro atoms. The number of hydrogen-bond donors (Lipinski definition) is 0. The molecule has 4 nitrogen and oxygen atoms in total. The number of aromatic nitrogens is 1. The van der Waals surface area contributed by atoms with E-state index in [2.05, 4.69) is 16.0 Å². The van der Waals surface area contributed by atoms with Crippen molar-refractivity contribution in [3.05, 3.63) is 52.5 Å². The highest BCUT2D eigenvalue weighted by molar-refractivity contribution is 7.08. The van der Waals surface area contributed by atoms with E-state index in [1.165, 1.54) is 0 Å². The second kappa shape index (κ2) is 5.82. The van der Waals surface area contributed by atoms with Crippen LogP contribution in [0.25, 0.3) is 0 Å². The molecule has 2 aliphatic heterocycles. The number of rotatable bonds is 3. The third kappa shape index (κ3) is 2.66. The lowest BCUT2D eigenvalue weighted by atomic mass is 10.0. The monoisotopic (exact) mass is 313 g/mol. The highest BCUT2D eigenvalue weighted by Gasteiger charge is 2.41. The Balaban J connectivity index is 1.36. The SMILES string of the molecule is O=C(c1ccsc1)N1CC2CN(Cc3ccccn3)CC2C1. The molecular formula is C17H19N3OS. The van der Waals surface area contributed by atoms with Gasteiger partial charge in [-0.2, -0.15) is 11.3 Å². The van der Waals surface area contributed by atoms with Gasteiger partial charge in [0.15, 0.2) is 0 Å². The molecule has 2 aromatic rings. The van der Waals surface area contributed by atoms with E-state index in [0.29, 0.717) is 11.8 Å². The van der Waals surface area contributed by atoms with Gasteiger partial charge in [-0.3, -0.25) is 14.7 Å². The number of carbonyl (C=O) groups is 1. The van der Waals surface area contributed by atoms with Crippen molar-refractivity contribution >= 4 is 17.2 Å². The molecule has 22 heavy (non-hydrogen) atoms. The Morgan fingerprint density at radius 2 is 2.00 bits per heavy atom. The molecular weight excluding hydrogens is 294 g/mol. The van der Waals surface area contributed by atoms with E-state index in [4.69, 9.17) is 0 Å². The van der Waals surface area contributed by atoms with E-state index in [1.807, 2.05) is 40.1 Å². The molecule has 2 aliphatic rings. The second-order valence-electron chi connectivity index (χ2n) is 6.26. The van der Waals surface area contributed by atoms with Crippen molar-refractivity contribution in [2.24, 2.45) is 11.8 Å². The van der Waals surface area contributed by atoms with Crippen molar-refractivity contribution in [1.29, 1.82) is 0 Å². The first-order chi connectivity index (χ1) is 10.8. The van der Waals surface area contributed by atoms with E-state index in [1.54, 1.807) is 11.3 Å². The average Bonchev–Trinajstić information content (AvgIpc) is 3.23. The third-order valence-corrected chi connectivity index (χ3v) is 5.41. The number of hydrogen-bond acceptors (Lipinski definition) is 4. The van der Waals surface area contributed by atoms with Gasteiger partial charge in [-0.15, -0.1) is 0 Å².